The van der Waals surface area contributed by atoms with Crippen LogP contribution < -0.4 is 11.1 Å². The number of amides is 2. The van der Waals surface area contributed by atoms with Gasteiger partial charge in [-0.25, -0.2) is 4.98 Å². The van der Waals surface area contributed by atoms with E-state index in [0.29, 0.717) is 17.0 Å². The highest BCUT2D eigenvalue weighted by molar-refractivity contribution is 8.01. The van der Waals surface area contributed by atoms with Crippen LogP contribution in [0.25, 0.3) is 20.7 Å². The van der Waals surface area contributed by atoms with Gasteiger partial charge in [0.1, 0.15) is 5.00 Å². The van der Waals surface area contributed by atoms with Crippen LogP contribution in [0, 0.1) is 0 Å². The minimum atomic E-state index is -0.546. The predicted molar refractivity (Wildman–Crippen MR) is 126 cm³/mol. The highest BCUT2D eigenvalue weighted by Gasteiger charge is 2.17. The number of thiazole rings is 1. The Hall–Kier alpha value is -2.68. The highest BCUT2D eigenvalue weighted by atomic mass is 32.2. The van der Waals surface area contributed by atoms with Crippen molar-refractivity contribution in [2.45, 2.75) is 17.2 Å². The lowest BCUT2D eigenvalue weighted by Crippen LogP contribution is -2.16. The van der Waals surface area contributed by atoms with Crippen molar-refractivity contribution in [3.63, 3.8) is 0 Å². The van der Waals surface area contributed by atoms with Crippen molar-refractivity contribution >= 4 is 61.5 Å². The first-order valence-corrected chi connectivity index (χ1v) is 12.0. The number of carbonyl (C=O) groups excluding carboxylic acids is 2. The summed E-state index contributed by atoms with van der Waals surface area (Å²) in [6.07, 6.45) is 1.09. The van der Waals surface area contributed by atoms with Crippen LogP contribution >= 0.6 is 34.4 Å². The Morgan fingerprint density at radius 2 is 1.80 bits per heavy atom. The number of benzene rings is 2. The molecule has 0 bridgehead atoms. The fraction of sp³-hybridized carbons (Fsp3) is 0.136. The normalized spacial score (nSPS) is 10.9. The van der Waals surface area contributed by atoms with E-state index < -0.39 is 5.91 Å². The van der Waals surface area contributed by atoms with Gasteiger partial charge in [0, 0.05) is 17.1 Å². The van der Waals surface area contributed by atoms with Crippen molar-refractivity contribution in [2.75, 3.05) is 11.1 Å². The van der Waals surface area contributed by atoms with Gasteiger partial charge in [0.05, 0.1) is 15.8 Å². The van der Waals surface area contributed by atoms with Gasteiger partial charge in [0.15, 0.2) is 4.34 Å². The number of anilines is 1. The molecule has 5 nitrogen and oxygen atoms in total. The van der Waals surface area contributed by atoms with Crippen molar-refractivity contribution in [2.24, 2.45) is 5.73 Å². The molecule has 2 aromatic carbocycles. The van der Waals surface area contributed by atoms with Gasteiger partial charge in [-0.15, -0.1) is 22.7 Å². The van der Waals surface area contributed by atoms with Crippen molar-refractivity contribution in [1.82, 2.24) is 4.98 Å². The number of hydrogen-bond donors (Lipinski definition) is 2. The molecular formula is C22H19N3O2S3. The molecule has 0 fully saturated rings. The summed E-state index contributed by atoms with van der Waals surface area (Å²) in [5.74, 6) is 0.134. The van der Waals surface area contributed by atoms with E-state index in [2.05, 4.69) is 16.4 Å². The average Bonchev–Trinajstić information content (AvgIpc) is 3.36. The minimum Gasteiger partial charge on any atom is -0.366 e. The van der Waals surface area contributed by atoms with Crippen molar-refractivity contribution in [1.29, 1.82) is 0 Å². The van der Waals surface area contributed by atoms with Crippen LogP contribution in [0.4, 0.5) is 5.00 Å². The Labute approximate surface area is 186 Å². The summed E-state index contributed by atoms with van der Waals surface area (Å²) >= 11 is 4.69. The maximum absolute atomic E-state index is 12.4. The maximum Gasteiger partial charge on any atom is 0.251 e. The fourth-order valence-electron chi connectivity index (χ4n) is 2.91. The van der Waals surface area contributed by atoms with Gasteiger partial charge in [0.25, 0.3) is 5.91 Å². The molecule has 152 valence electrons. The molecular weight excluding hydrogens is 434 g/mol. The van der Waals surface area contributed by atoms with Crippen LogP contribution in [0.2, 0.25) is 0 Å². The van der Waals surface area contributed by atoms with Crippen LogP contribution in [0.5, 0.6) is 0 Å². The van der Waals surface area contributed by atoms with E-state index in [0.717, 1.165) is 32.5 Å². The van der Waals surface area contributed by atoms with Crippen LogP contribution in [0.1, 0.15) is 23.2 Å². The van der Waals surface area contributed by atoms with E-state index in [-0.39, 0.29) is 5.91 Å². The van der Waals surface area contributed by atoms with E-state index in [4.69, 9.17) is 5.73 Å². The number of para-hydroxylation sites is 1. The topological polar surface area (TPSA) is 85.1 Å². The zero-order chi connectivity index (χ0) is 20.9. The summed E-state index contributed by atoms with van der Waals surface area (Å²) in [5, 5.41) is 3.36. The van der Waals surface area contributed by atoms with Gasteiger partial charge < -0.3 is 11.1 Å². The Morgan fingerprint density at radius 3 is 2.57 bits per heavy atom. The zero-order valence-electron chi connectivity index (χ0n) is 16.0. The lowest BCUT2D eigenvalue weighted by Gasteiger charge is -2.04. The van der Waals surface area contributed by atoms with Gasteiger partial charge >= 0.3 is 0 Å². The van der Waals surface area contributed by atoms with Gasteiger partial charge in [-0.3, -0.25) is 9.59 Å². The summed E-state index contributed by atoms with van der Waals surface area (Å²) in [5.41, 5.74) is 7.84. The quantitative estimate of drug-likeness (QED) is 0.267. The number of carbonyl (C=O) groups is 2. The van der Waals surface area contributed by atoms with Crippen LogP contribution in [0.15, 0.2) is 65.0 Å². The van der Waals surface area contributed by atoms with E-state index in [1.54, 1.807) is 29.2 Å². The summed E-state index contributed by atoms with van der Waals surface area (Å²) in [6, 6.07) is 19.5. The average molecular weight is 454 g/mol. The molecule has 2 aromatic heterocycles. The molecule has 8 heteroatoms. The molecule has 0 radical (unpaired) electrons. The molecule has 4 aromatic rings. The number of aromatic nitrogens is 1. The molecule has 3 N–H and O–H groups in total. The lowest BCUT2D eigenvalue weighted by atomic mass is 10.1. The second kappa shape index (κ2) is 9.42. The van der Waals surface area contributed by atoms with E-state index >= 15 is 0 Å². The zero-order valence-corrected chi connectivity index (χ0v) is 18.4. The molecule has 0 saturated heterocycles. The number of rotatable bonds is 8. The van der Waals surface area contributed by atoms with E-state index in [1.807, 2.05) is 48.5 Å². The first-order valence-electron chi connectivity index (χ1n) is 9.37. The number of thioether (sulfide) groups is 1. The standard InChI is InChI=1S/C22H19N3O2S3/c23-20(27)15-13-18(14-7-2-1-3-8-14)29-21(15)25-19(26)11-6-12-28-22-24-16-9-4-5-10-17(16)30-22/h1-5,7-10,13H,6,11-12H2,(H2,23,27)(H,25,26). The molecule has 0 atom stereocenters. The third-order valence-corrected chi connectivity index (χ3v) is 7.72. The first kappa shape index (κ1) is 20.6. The number of nitrogens with one attached hydrogen (secondary N) is 1. The summed E-state index contributed by atoms with van der Waals surface area (Å²) < 4.78 is 2.18. The lowest BCUT2D eigenvalue weighted by molar-refractivity contribution is -0.116. The first-order chi connectivity index (χ1) is 14.6. The van der Waals surface area contributed by atoms with Crippen molar-refractivity contribution in [3.8, 4) is 10.4 Å². The predicted octanol–water partition coefficient (Wildman–Crippen LogP) is 5.63. The molecule has 0 unspecified atom stereocenters. The third kappa shape index (κ3) is 4.89. The molecule has 0 saturated carbocycles. The van der Waals surface area contributed by atoms with Crippen LogP contribution in [-0.4, -0.2) is 22.6 Å². The van der Waals surface area contributed by atoms with Gasteiger partial charge in [-0.1, -0.05) is 54.2 Å². The van der Waals surface area contributed by atoms with Crippen LogP contribution in [-0.2, 0) is 4.79 Å². The highest BCUT2D eigenvalue weighted by Crippen LogP contribution is 2.35. The largest absolute Gasteiger partial charge is 0.366 e. The van der Waals surface area contributed by atoms with Crippen molar-refractivity contribution in [3.05, 3.63) is 66.2 Å². The molecule has 2 amide bonds. The molecule has 4 rings (SSSR count). The number of nitrogens with zero attached hydrogens (tertiary/aromatic N) is 1. The Balaban J connectivity index is 1.33. The minimum absolute atomic E-state index is 0.121. The number of thiophene rings is 1. The second-order valence-corrected chi connectivity index (χ2v) is 9.96. The van der Waals surface area contributed by atoms with Gasteiger partial charge in [-0.05, 0) is 30.2 Å². The summed E-state index contributed by atoms with van der Waals surface area (Å²) in [4.78, 5) is 29.7. The van der Waals surface area contributed by atoms with Crippen LogP contribution in [0.3, 0.4) is 0 Å². The molecule has 0 aliphatic heterocycles. The van der Waals surface area contributed by atoms with Gasteiger partial charge in [0.2, 0.25) is 5.91 Å². The smallest absolute Gasteiger partial charge is 0.251 e. The van der Waals surface area contributed by atoms with E-state index in [1.165, 1.54) is 16.0 Å². The Bertz CT molecular complexity index is 1150. The van der Waals surface area contributed by atoms with Crippen molar-refractivity contribution < 1.29 is 9.59 Å². The number of hydrogen-bond acceptors (Lipinski definition) is 6. The monoisotopic (exact) mass is 453 g/mol. The third-order valence-electron chi connectivity index (χ3n) is 4.36. The molecule has 0 aliphatic carbocycles. The van der Waals surface area contributed by atoms with Gasteiger partial charge in [-0.2, -0.15) is 0 Å². The molecule has 30 heavy (non-hydrogen) atoms. The number of nitrogens with two attached hydrogens (primary N) is 1. The number of primary amides is 1. The summed E-state index contributed by atoms with van der Waals surface area (Å²) in [6.45, 7) is 0. The fourth-order valence-corrected chi connectivity index (χ4v) is 6.07. The molecule has 2 heterocycles. The Morgan fingerprint density at radius 1 is 1.03 bits per heavy atom. The SMILES string of the molecule is NC(=O)c1cc(-c2ccccc2)sc1NC(=O)CCCSc1nc2ccccc2s1. The Kier molecular flexibility index (Phi) is 6.47. The number of fused-ring (bicyclic) bond motifs is 1. The molecule has 0 spiro atoms. The summed E-state index contributed by atoms with van der Waals surface area (Å²) in [7, 11) is 0. The van der Waals surface area contributed by atoms with E-state index in [9.17, 15) is 9.59 Å². The maximum atomic E-state index is 12.4. The molecule has 0 aliphatic rings. The second-order valence-electron chi connectivity index (χ2n) is 6.53.